The van der Waals surface area contributed by atoms with Gasteiger partial charge in [-0.15, -0.1) is 0 Å². The van der Waals surface area contributed by atoms with Crippen LogP contribution in [0.15, 0.2) is 34.9 Å². The number of nitrogens with zero attached hydrogens (tertiary/aromatic N) is 2. The van der Waals surface area contributed by atoms with Gasteiger partial charge >= 0.3 is 6.01 Å². The average Bonchev–Trinajstić information content (AvgIpc) is 3.14. The number of methoxy groups -OCH3 is 1. The molecule has 1 aromatic carbocycles. The number of anilines is 1. The number of aromatic nitrogens is 2. The van der Waals surface area contributed by atoms with Gasteiger partial charge in [0, 0.05) is 13.7 Å². The molecule has 0 aliphatic heterocycles. The van der Waals surface area contributed by atoms with E-state index in [4.69, 9.17) is 9.26 Å². The van der Waals surface area contributed by atoms with E-state index < -0.39 is 0 Å². The van der Waals surface area contributed by atoms with Gasteiger partial charge in [-0.3, -0.25) is 0 Å². The molecule has 100 valence electrons. The highest BCUT2D eigenvalue weighted by Gasteiger charge is 2.49. The second-order valence-electron chi connectivity index (χ2n) is 4.79. The van der Waals surface area contributed by atoms with Crippen molar-refractivity contribution in [1.82, 2.24) is 10.1 Å². The standard InChI is InChI=1S/C14H17N3O2/c1-18-10-9-15-13-16-12(17-19-13)14(7-8-14)11-5-3-2-4-6-11/h2-6H,7-10H2,1H3,(H,15,16,17). The van der Waals surface area contributed by atoms with Gasteiger partial charge in [0.25, 0.3) is 0 Å². The summed E-state index contributed by atoms with van der Waals surface area (Å²) < 4.78 is 10.2. The summed E-state index contributed by atoms with van der Waals surface area (Å²) >= 11 is 0. The van der Waals surface area contributed by atoms with E-state index in [1.54, 1.807) is 7.11 Å². The molecule has 1 aromatic heterocycles. The molecule has 0 bridgehead atoms. The lowest BCUT2D eigenvalue weighted by Crippen LogP contribution is -2.11. The Labute approximate surface area is 112 Å². The molecule has 0 unspecified atom stereocenters. The maximum atomic E-state index is 5.23. The fraction of sp³-hybridized carbons (Fsp3) is 0.429. The number of ether oxygens (including phenoxy) is 1. The molecule has 0 amide bonds. The largest absolute Gasteiger partial charge is 0.383 e. The van der Waals surface area contributed by atoms with E-state index in [0.29, 0.717) is 19.2 Å². The zero-order valence-corrected chi connectivity index (χ0v) is 10.9. The van der Waals surface area contributed by atoms with E-state index in [1.165, 1.54) is 5.56 Å². The summed E-state index contributed by atoms with van der Waals surface area (Å²) in [5.41, 5.74) is 1.23. The third-order valence-corrected chi connectivity index (χ3v) is 3.51. The van der Waals surface area contributed by atoms with Gasteiger partial charge in [-0.05, 0) is 18.4 Å². The molecule has 1 aliphatic rings. The lowest BCUT2D eigenvalue weighted by Gasteiger charge is -2.09. The van der Waals surface area contributed by atoms with Crippen molar-refractivity contribution in [3.05, 3.63) is 41.7 Å². The predicted molar refractivity (Wildman–Crippen MR) is 71.1 cm³/mol. The van der Waals surface area contributed by atoms with Crippen LogP contribution >= 0.6 is 0 Å². The highest BCUT2D eigenvalue weighted by atomic mass is 16.5. The number of rotatable bonds is 6. The average molecular weight is 259 g/mol. The molecule has 5 nitrogen and oxygen atoms in total. The molecular formula is C14H17N3O2. The highest BCUT2D eigenvalue weighted by molar-refractivity contribution is 5.40. The van der Waals surface area contributed by atoms with Gasteiger partial charge < -0.3 is 14.6 Å². The SMILES string of the molecule is COCCNc1nc(C2(c3ccccc3)CC2)no1. The predicted octanol–water partition coefficient (Wildman–Crippen LogP) is 2.21. The van der Waals surface area contributed by atoms with Gasteiger partial charge in [0.15, 0.2) is 5.82 Å². The minimum atomic E-state index is -0.0358. The van der Waals surface area contributed by atoms with Crippen molar-refractivity contribution < 1.29 is 9.26 Å². The summed E-state index contributed by atoms with van der Waals surface area (Å²) in [5, 5.41) is 7.17. The minimum absolute atomic E-state index is 0.0358. The van der Waals surface area contributed by atoms with Crippen LogP contribution in [0.5, 0.6) is 0 Å². The van der Waals surface area contributed by atoms with E-state index in [0.717, 1.165) is 18.7 Å². The van der Waals surface area contributed by atoms with Gasteiger partial charge in [0.05, 0.1) is 12.0 Å². The van der Waals surface area contributed by atoms with Crippen LogP contribution < -0.4 is 5.32 Å². The zero-order chi connectivity index (χ0) is 13.1. The van der Waals surface area contributed by atoms with Gasteiger partial charge in [-0.2, -0.15) is 4.98 Å². The monoisotopic (exact) mass is 259 g/mol. The van der Waals surface area contributed by atoms with Crippen molar-refractivity contribution in [2.24, 2.45) is 0 Å². The van der Waals surface area contributed by atoms with Gasteiger partial charge in [-0.1, -0.05) is 35.5 Å². The van der Waals surface area contributed by atoms with Crippen LogP contribution in [0.3, 0.4) is 0 Å². The van der Waals surface area contributed by atoms with Gasteiger partial charge in [0.1, 0.15) is 0 Å². The van der Waals surface area contributed by atoms with E-state index in [9.17, 15) is 0 Å². The molecule has 19 heavy (non-hydrogen) atoms. The first-order chi connectivity index (χ1) is 9.35. The molecule has 3 rings (SSSR count). The number of benzene rings is 1. The van der Waals surface area contributed by atoms with Crippen molar-refractivity contribution in [3.63, 3.8) is 0 Å². The molecule has 1 saturated carbocycles. The molecule has 0 spiro atoms. The van der Waals surface area contributed by atoms with E-state index in [1.807, 2.05) is 18.2 Å². The Morgan fingerprint density at radius 2 is 2.11 bits per heavy atom. The van der Waals surface area contributed by atoms with Crippen LogP contribution in [0.1, 0.15) is 24.2 Å². The third kappa shape index (κ3) is 2.33. The van der Waals surface area contributed by atoms with Crippen LogP contribution in [0.25, 0.3) is 0 Å². The molecule has 1 fully saturated rings. The first-order valence-electron chi connectivity index (χ1n) is 6.48. The third-order valence-electron chi connectivity index (χ3n) is 3.51. The molecule has 1 heterocycles. The first kappa shape index (κ1) is 12.2. The maximum absolute atomic E-state index is 5.23. The molecule has 0 atom stereocenters. The number of nitrogens with one attached hydrogen (secondary N) is 1. The van der Waals surface area contributed by atoms with Crippen LogP contribution in [0.4, 0.5) is 6.01 Å². The van der Waals surface area contributed by atoms with Gasteiger partial charge in [0.2, 0.25) is 0 Å². The van der Waals surface area contributed by atoms with Crippen molar-refractivity contribution in [2.45, 2.75) is 18.3 Å². The molecule has 2 aromatic rings. The summed E-state index contributed by atoms with van der Waals surface area (Å²) in [4.78, 5) is 4.45. The Bertz CT molecular complexity index is 535. The summed E-state index contributed by atoms with van der Waals surface area (Å²) in [6.07, 6.45) is 2.15. The van der Waals surface area contributed by atoms with E-state index in [2.05, 4.69) is 27.6 Å². The van der Waals surface area contributed by atoms with Crippen LogP contribution in [-0.2, 0) is 10.2 Å². The Kier molecular flexibility index (Phi) is 3.21. The van der Waals surface area contributed by atoms with Crippen molar-refractivity contribution >= 4 is 6.01 Å². The second kappa shape index (κ2) is 5.01. The smallest absolute Gasteiger partial charge is 0.321 e. The zero-order valence-electron chi connectivity index (χ0n) is 10.9. The summed E-state index contributed by atoms with van der Waals surface area (Å²) in [6, 6.07) is 10.8. The summed E-state index contributed by atoms with van der Waals surface area (Å²) in [5.74, 6) is 0.776. The van der Waals surface area contributed by atoms with Gasteiger partial charge in [-0.25, -0.2) is 0 Å². The normalized spacial score (nSPS) is 16.3. The fourth-order valence-electron chi connectivity index (χ4n) is 2.27. The fourth-order valence-corrected chi connectivity index (χ4v) is 2.27. The Balaban J connectivity index is 1.76. The lowest BCUT2D eigenvalue weighted by atomic mass is 9.95. The Morgan fingerprint density at radius 1 is 1.32 bits per heavy atom. The summed E-state index contributed by atoms with van der Waals surface area (Å²) in [6.45, 7) is 1.28. The molecule has 5 heteroatoms. The molecule has 0 saturated heterocycles. The molecule has 1 N–H and O–H groups in total. The van der Waals surface area contributed by atoms with E-state index in [-0.39, 0.29) is 5.41 Å². The van der Waals surface area contributed by atoms with E-state index >= 15 is 0 Å². The minimum Gasteiger partial charge on any atom is -0.383 e. The van der Waals surface area contributed by atoms with Crippen LogP contribution in [0.2, 0.25) is 0 Å². The first-order valence-corrected chi connectivity index (χ1v) is 6.48. The molecule has 0 radical (unpaired) electrons. The topological polar surface area (TPSA) is 60.2 Å². The van der Waals surface area contributed by atoms with Crippen LogP contribution in [-0.4, -0.2) is 30.4 Å². The maximum Gasteiger partial charge on any atom is 0.321 e. The van der Waals surface area contributed by atoms with Crippen molar-refractivity contribution in [2.75, 3.05) is 25.6 Å². The van der Waals surface area contributed by atoms with Crippen LogP contribution in [0, 0.1) is 0 Å². The summed E-state index contributed by atoms with van der Waals surface area (Å²) in [7, 11) is 1.66. The second-order valence-corrected chi connectivity index (χ2v) is 4.79. The Morgan fingerprint density at radius 3 is 2.79 bits per heavy atom. The molecular weight excluding hydrogens is 242 g/mol. The lowest BCUT2D eigenvalue weighted by molar-refractivity contribution is 0.210. The van der Waals surface area contributed by atoms with Crippen molar-refractivity contribution in [1.29, 1.82) is 0 Å². The number of hydrogen-bond donors (Lipinski definition) is 1. The highest BCUT2D eigenvalue weighted by Crippen LogP contribution is 2.52. The number of hydrogen-bond acceptors (Lipinski definition) is 5. The van der Waals surface area contributed by atoms with Crippen molar-refractivity contribution in [3.8, 4) is 0 Å². The Hall–Kier alpha value is -1.88. The molecule has 1 aliphatic carbocycles. The quantitative estimate of drug-likeness (QED) is 0.806.